The number of imidazole rings is 1. The second kappa shape index (κ2) is 2.12. The molecule has 12 heavy (non-hydrogen) atoms. The lowest BCUT2D eigenvalue weighted by Crippen LogP contribution is -1.82. The summed E-state index contributed by atoms with van der Waals surface area (Å²) in [6.45, 7) is 0. The van der Waals surface area contributed by atoms with Gasteiger partial charge >= 0.3 is 0 Å². The Morgan fingerprint density at radius 1 is 1.58 bits per heavy atom. The number of rotatable bonds is 0. The Morgan fingerprint density at radius 3 is 3.42 bits per heavy atom. The maximum atomic E-state index is 5.14. The van der Waals surface area contributed by atoms with Crippen LogP contribution in [0.5, 0.6) is 0 Å². The van der Waals surface area contributed by atoms with Crippen LogP contribution in [0.25, 0.3) is 16.1 Å². The number of nitrogens with one attached hydrogen (secondary N) is 1. The van der Waals surface area contributed by atoms with Gasteiger partial charge in [0.25, 0.3) is 0 Å². The Bertz CT molecular complexity index is 582. The molecule has 0 radical (unpaired) electrons. The molecule has 4 aromatic rings. The predicted octanol–water partition coefficient (Wildman–Crippen LogP) is 2.06. The first-order valence-corrected chi connectivity index (χ1v) is 5.68. The van der Waals surface area contributed by atoms with Gasteiger partial charge in [-0.3, -0.25) is 0 Å². The standard InChI is InChI=1S/C5H2N4S3/c10-4-2-3-6-1-9(2)12-11-5(7-3)8-4/h1H,(H,7,8,10). The third-order valence-electron chi connectivity index (χ3n) is 1.56. The van der Waals surface area contributed by atoms with E-state index in [1.54, 1.807) is 27.2 Å². The van der Waals surface area contributed by atoms with E-state index >= 15 is 0 Å². The van der Waals surface area contributed by atoms with Crippen LogP contribution in [0.1, 0.15) is 0 Å². The van der Waals surface area contributed by atoms with E-state index in [1.165, 1.54) is 0 Å². The van der Waals surface area contributed by atoms with Crippen LogP contribution in [0.3, 0.4) is 0 Å². The Kier molecular flexibility index (Phi) is 1.18. The molecule has 0 aromatic carbocycles. The van der Waals surface area contributed by atoms with Crippen molar-refractivity contribution in [2.24, 2.45) is 0 Å². The fraction of sp³-hybridized carbons (Fsp3) is 0. The van der Waals surface area contributed by atoms with Gasteiger partial charge < -0.3 is 4.98 Å². The summed E-state index contributed by atoms with van der Waals surface area (Å²) < 4.78 is 2.64. The molecule has 4 rings (SSSR count). The minimum absolute atomic E-state index is 0.713. The lowest BCUT2D eigenvalue weighted by Gasteiger charge is -1.86. The summed E-state index contributed by atoms with van der Waals surface area (Å²) in [5.41, 5.74) is 1.63. The normalized spacial score (nSPS) is 11.7. The topological polar surface area (TPSA) is 46.0 Å². The average molecular weight is 214 g/mol. The molecule has 0 atom stereocenters. The third kappa shape index (κ3) is 0.728. The molecular formula is C5H2N4S3. The van der Waals surface area contributed by atoms with Crippen molar-refractivity contribution in [3.63, 3.8) is 0 Å². The summed E-state index contributed by atoms with van der Waals surface area (Å²) in [4.78, 5) is 12.2. The first kappa shape index (κ1) is 6.70. The van der Waals surface area contributed by atoms with Gasteiger partial charge in [0.15, 0.2) is 5.65 Å². The SMILES string of the molecule is S=c1[nH]c2nc3ncn(ss2)c13. The summed E-state index contributed by atoms with van der Waals surface area (Å²) >= 11 is 5.14. The van der Waals surface area contributed by atoms with Gasteiger partial charge in [-0.05, 0) is 10.3 Å². The Morgan fingerprint density at radius 2 is 2.50 bits per heavy atom. The quantitative estimate of drug-likeness (QED) is 0.460. The lowest BCUT2D eigenvalue weighted by molar-refractivity contribution is 1.28. The van der Waals surface area contributed by atoms with E-state index in [-0.39, 0.29) is 0 Å². The van der Waals surface area contributed by atoms with Crippen LogP contribution in [0, 0.1) is 4.64 Å². The zero-order valence-electron chi connectivity index (χ0n) is 5.64. The summed E-state index contributed by atoms with van der Waals surface area (Å²) in [7, 11) is 3.12. The van der Waals surface area contributed by atoms with E-state index < -0.39 is 0 Å². The smallest absolute Gasteiger partial charge is 0.201 e. The molecule has 0 aliphatic carbocycles. The third-order valence-corrected chi connectivity index (χ3v) is 3.89. The van der Waals surface area contributed by atoms with Crippen molar-refractivity contribution >= 4 is 49.2 Å². The molecule has 0 aliphatic rings. The number of hydrogen-bond donors (Lipinski definition) is 1. The Hall–Kier alpha value is -0.790. The second-order valence-electron chi connectivity index (χ2n) is 2.27. The fourth-order valence-electron chi connectivity index (χ4n) is 1.06. The van der Waals surface area contributed by atoms with E-state index in [0.717, 1.165) is 16.1 Å². The highest BCUT2D eigenvalue weighted by atomic mass is 32.9. The van der Waals surface area contributed by atoms with Gasteiger partial charge in [0.05, 0.1) is 0 Å². The molecule has 4 heterocycles. The van der Waals surface area contributed by atoms with Gasteiger partial charge in [-0.1, -0.05) is 12.2 Å². The van der Waals surface area contributed by atoms with Crippen LogP contribution >= 0.6 is 33.1 Å². The van der Waals surface area contributed by atoms with Crippen molar-refractivity contribution in [2.45, 2.75) is 0 Å². The molecule has 7 heteroatoms. The van der Waals surface area contributed by atoms with Gasteiger partial charge in [0, 0.05) is 10.5 Å². The molecular weight excluding hydrogens is 212 g/mol. The van der Waals surface area contributed by atoms with Crippen molar-refractivity contribution in [3.8, 4) is 0 Å². The van der Waals surface area contributed by atoms with Gasteiger partial charge in [-0.2, -0.15) is 4.98 Å². The highest BCUT2D eigenvalue weighted by molar-refractivity contribution is 7.72. The van der Waals surface area contributed by atoms with Crippen LogP contribution in [0.2, 0.25) is 0 Å². The summed E-state index contributed by atoms with van der Waals surface area (Å²) in [5, 5.41) is 0. The first-order valence-electron chi connectivity index (χ1n) is 3.17. The maximum absolute atomic E-state index is 5.14. The van der Waals surface area contributed by atoms with E-state index in [4.69, 9.17) is 12.2 Å². The van der Waals surface area contributed by atoms with Crippen molar-refractivity contribution in [1.82, 2.24) is 18.7 Å². The molecule has 4 nitrogen and oxygen atoms in total. The number of aromatic nitrogens is 4. The van der Waals surface area contributed by atoms with Crippen molar-refractivity contribution in [3.05, 3.63) is 11.0 Å². The molecule has 4 aromatic heterocycles. The zero-order chi connectivity index (χ0) is 8.13. The van der Waals surface area contributed by atoms with E-state index in [2.05, 4.69) is 15.0 Å². The molecule has 0 amide bonds. The van der Waals surface area contributed by atoms with Crippen LogP contribution in [0.4, 0.5) is 0 Å². The molecule has 4 bridgehead atoms. The number of H-pyrrole nitrogens is 1. The molecule has 0 spiro atoms. The van der Waals surface area contributed by atoms with Gasteiger partial charge in [-0.15, -0.1) is 0 Å². The van der Waals surface area contributed by atoms with Crippen molar-refractivity contribution in [2.75, 3.05) is 0 Å². The number of hydrogen-bond acceptors (Lipinski definition) is 5. The molecule has 0 unspecified atom stereocenters. The van der Waals surface area contributed by atoms with E-state index in [1.807, 2.05) is 3.79 Å². The second-order valence-corrected chi connectivity index (χ2v) is 4.72. The monoisotopic (exact) mass is 214 g/mol. The van der Waals surface area contributed by atoms with Gasteiger partial charge in [-0.25, -0.2) is 8.77 Å². The number of nitrogens with zero attached hydrogens (tertiary/aromatic N) is 3. The largest absolute Gasteiger partial charge is 0.320 e. The van der Waals surface area contributed by atoms with E-state index in [9.17, 15) is 0 Å². The molecule has 0 saturated heterocycles. The average Bonchev–Trinajstić information content (AvgIpc) is 2.27. The highest BCUT2D eigenvalue weighted by Gasteiger charge is 2.05. The summed E-state index contributed by atoms with van der Waals surface area (Å²) in [5.74, 6) is 0. The van der Waals surface area contributed by atoms with Gasteiger partial charge in [0.1, 0.15) is 16.5 Å². The van der Waals surface area contributed by atoms with Gasteiger partial charge in [0.2, 0.25) is 4.96 Å². The van der Waals surface area contributed by atoms with E-state index in [0.29, 0.717) is 4.64 Å². The highest BCUT2D eigenvalue weighted by Crippen LogP contribution is 2.19. The number of fused-ring (bicyclic) bond motifs is 2. The Balaban J connectivity index is 2.95. The predicted molar refractivity (Wildman–Crippen MR) is 51.4 cm³/mol. The minimum atomic E-state index is 0.713. The molecule has 0 aliphatic heterocycles. The van der Waals surface area contributed by atoms with Crippen LogP contribution in [-0.4, -0.2) is 18.7 Å². The van der Waals surface area contributed by atoms with Crippen molar-refractivity contribution in [1.29, 1.82) is 0 Å². The molecule has 0 fully saturated rings. The van der Waals surface area contributed by atoms with Crippen LogP contribution < -0.4 is 0 Å². The number of aromatic amines is 1. The maximum Gasteiger partial charge on any atom is 0.201 e. The Labute approximate surface area is 79.1 Å². The molecule has 60 valence electrons. The van der Waals surface area contributed by atoms with Crippen LogP contribution in [-0.2, 0) is 0 Å². The van der Waals surface area contributed by atoms with Crippen LogP contribution in [0.15, 0.2) is 6.33 Å². The minimum Gasteiger partial charge on any atom is -0.320 e. The zero-order valence-corrected chi connectivity index (χ0v) is 8.09. The molecule has 0 saturated carbocycles. The van der Waals surface area contributed by atoms with Crippen molar-refractivity contribution < 1.29 is 0 Å². The lowest BCUT2D eigenvalue weighted by atomic mass is 10.6. The molecule has 1 N–H and O–H groups in total. The summed E-state index contributed by atoms with van der Waals surface area (Å²) in [6, 6.07) is 0. The first-order chi connectivity index (χ1) is 5.84. The summed E-state index contributed by atoms with van der Waals surface area (Å²) in [6.07, 6.45) is 1.74. The fourth-order valence-corrected chi connectivity index (χ4v) is 3.25.